The summed E-state index contributed by atoms with van der Waals surface area (Å²) in [5.41, 5.74) is 0. The summed E-state index contributed by atoms with van der Waals surface area (Å²) in [6.07, 6.45) is 4.94. The molecule has 2 rings (SSSR count). The van der Waals surface area contributed by atoms with Gasteiger partial charge in [0.15, 0.2) is 0 Å². The summed E-state index contributed by atoms with van der Waals surface area (Å²) < 4.78 is 4.55. The second-order valence-electron chi connectivity index (χ2n) is 5.00. The second kappa shape index (κ2) is 5.93. The molecule has 102 valence electrons. The van der Waals surface area contributed by atoms with Crippen molar-refractivity contribution in [3.63, 3.8) is 0 Å². The van der Waals surface area contributed by atoms with E-state index in [1.165, 1.54) is 20.0 Å². The minimum atomic E-state index is -0.432. The van der Waals surface area contributed by atoms with Crippen LogP contribution in [0.1, 0.15) is 32.1 Å². The standard InChI is InChI=1S/C12H21N3O3/c1-18-12(17)14-10-6-7-15(8-10)11(16)13-9-4-2-3-5-9/h9-10H,2-8H2,1H3,(H,13,16)(H,14,17). The van der Waals surface area contributed by atoms with E-state index in [-0.39, 0.29) is 12.1 Å². The van der Waals surface area contributed by atoms with Crippen molar-refractivity contribution in [1.29, 1.82) is 0 Å². The topological polar surface area (TPSA) is 70.7 Å². The average molecular weight is 255 g/mol. The highest BCUT2D eigenvalue weighted by molar-refractivity contribution is 5.75. The van der Waals surface area contributed by atoms with E-state index in [2.05, 4.69) is 15.4 Å². The smallest absolute Gasteiger partial charge is 0.407 e. The Bertz CT molecular complexity index is 316. The number of methoxy groups -OCH3 is 1. The van der Waals surface area contributed by atoms with Crippen LogP contribution in [0.3, 0.4) is 0 Å². The highest BCUT2D eigenvalue weighted by Gasteiger charge is 2.29. The molecule has 1 unspecified atom stereocenters. The van der Waals surface area contributed by atoms with Crippen LogP contribution < -0.4 is 10.6 Å². The lowest BCUT2D eigenvalue weighted by molar-refractivity contribution is 0.166. The number of ether oxygens (including phenoxy) is 1. The minimum Gasteiger partial charge on any atom is -0.453 e. The lowest BCUT2D eigenvalue weighted by Gasteiger charge is -2.20. The first-order valence-corrected chi connectivity index (χ1v) is 6.59. The van der Waals surface area contributed by atoms with Gasteiger partial charge in [0.25, 0.3) is 0 Å². The van der Waals surface area contributed by atoms with E-state index in [0.717, 1.165) is 19.3 Å². The van der Waals surface area contributed by atoms with Gasteiger partial charge < -0.3 is 20.3 Å². The number of hydrogen-bond donors (Lipinski definition) is 2. The van der Waals surface area contributed by atoms with Crippen molar-refractivity contribution in [2.45, 2.75) is 44.2 Å². The lowest BCUT2D eigenvalue weighted by Crippen LogP contribution is -2.44. The Morgan fingerprint density at radius 1 is 1.11 bits per heavy atom. The molecule has 0 radical (unpaired) electrons. The molecule has 0 aromatic carbocycles. The van der Waals surface area contributed by atoms with Crippen LogP contribution >= 0.6 is 0 Å². The van der Waals surface area contributed by atoms with Gasteiger partial charge in [0.05, 0.1) is 13.2 Å². The monoisotopic (exact) mass is 255 g/mol. The summed E-state index contributed by atoms with van der Waals surface area (Å²) in [5.74, 6) is 0. The molecule has 18 heavy (non-hydrogen) atoms. The van der Waals surface area contributed by atoms with Crippen LogP contribution in [-0.4, -0.2) is 49.3 Å². The Balaban J connectivity index is 1.73. The zero-order valence-electron chi connectivity index (χ0n) is 10.8. The van der Waals surface area contributed by atoms with Gasteiger partial charge in [-0.1, -0.05) is 12.8 Å². The molecule has 6 heteroatoms. The molecule has 0 bridgehead atoms. The number of amides is 3. The summed E-state index contributed by atoms with van der Waals surface area (Å²) >= 11 is 0. The van der Waals surface area contributed by atoms with Crippen molar-refractivity contribution in [1.82, 2.24) is 15.5 Å². The van der Waals surface area contributed by atoms with Gasteiger partial charge in [0.1, 0.15) is 0 Å². The van der Waals surface area contributed by atoms with Crippen molar-refractivity contribution in [2.24, 2.45) is 0 Å². The number of nitrogens with one attached hydrogen (secondary N) is 2. The summed E-state index contributed by atoms with van der Waals surface area (Å²) in [6, 6.07) is 0.341. The third kappa shape index (κ3) is 3.27. The quantitative estimate of drug-likeness (QED) is 0.775. The van der Waals surface area contributed by atoms with Gasteiger partial charge in [-0.15, -0.1) is 0 Å². The van der Waals surface area contributed by atoms with Crippen LogP contribution in [0, 0.1) is 0 Å². The molecular weight excluding hydrogens is 234 g/mol. The first kappa shape index (κ1) is 13.0. The molecule has 3 amide bonds. The minimum absolute atomic E-state index is 0.00364. The molecule has 2 aliphatic rings. The summed E-state index contributed by atoms with van der Waals surface area (Å²) in [7, 11) is 1.34. The predicted octanol–water partition coefficient (Wildman–Crippen LogP) is 1.07. The highest BCUT2D eigenvalue weighted by Crippen LogP contribution is 2.18. The van der Waals surface area contributed by atoms with Gasteiger partial charge in [0.2, 0.25) is 0 Å². The van der Waals surface area contributed by atoms with E-state index in [4.69, 9.17) is 0 Å². The molecular formula is C12H21N3O3. The molecule has 2 N–H and O–H groups in total. The molecule has 0 spiro atoms. The maximum atomic E-state index is 12.0. The van der Waals surface area contributed by atoms with Crippen LogP contribution in [0.15, 0.2) is 0 Å². The molecule has 1 atom stereocenters. The van der Waals surface area contributed by atoms with Crippen LogP contribution in [-0.2, 0) is 4.74 Å². The van der Waals surface area contributed by atoms with Crippen LogP contribution in [0.4, 0.5) is 9.59 Å². The first-order chi connectivity index (χ1) is 8.69. The number of carbonyl (C=O) groups is 2. The van der Waals surface area contributed by atoms with E-state index >= 15 is 0 Å². The van der Waals surface area contributed by atoms with Crippen molar-refractivity contribution in [2.75, 3.05) is 20.2 Å². The molecule has 0 aromatic heterocycles. The number of likely N-dealkylation sites (tertiary alicyclic amines) is 1. The van der Waals surface area contributed by atoms with Crippen LogP contribution in [0.2, 0.25) is 0 Å². The van der Waals surface area contributed by atoms with Gasteiger partial charge in [-0.2, -0.15) is 0 Å². The number of carbonyl (C=O) groups excluding carboxylic acids is 2. The Labute approximate surface area is 107 Å². The normalized spacial score (nSPS) is 24.1. The SMILES string of the molecule is COC(=O)NC1CCN(C(=O)NC2CCCC2)C1. The van der Waals surface area contributed by atoms with Gasteiger partial charge in [0, 0.05) is 19.1 Å². The number of nitrogens with zero attached hydrogens (tertiary/aromatic N) is 1. The predicted molar refractivity (Wildman–Crippen MR) is 66.3 cm³/mol. The first-order valence-electron chi connectivity index (χ1n) is 6.59. The Kier molecular flexibility index (Phi) is 4.28. The van der Waals surface area contributed by atoms with Gasteiger partial charge in [-0.05, 0) is 19.3 Å². The Morgan fingerprint density at radius 2 is 1.83 bits per heavy atom. The fourth-order valence-electron chi connectivity index (χ4n) is 2.62. The van der Waals surface area contributed by atoms with Crippen LogP contribution in [0.5, 0.6) is 0 Å². The lowest BCUT2D eigenvalue weighted by atomic mass is 10.2. The maximum Gasteiger partial charge on any atom is 0.407 e. The molecule has 1 aliphatic heterocycles. The maximum absolute atomic E-state index is 12.0. The summed E-state index contributed by atoms with van der Waals surface area (Å²) in [5, 5.41) is 5.78. The fraction of sp³-hybridized carbons (Fsp3) is 0.833. The third-order valence-electron chi connectivity index (χ3n) is 3.67. The number of urea groups is 1. The number of alkyl carbamates (subject to hydrolysis) is 1. The fourth-order valence-corrected chi connectivity index (χ4v) is 2.62. The molecule has 1 heterocycles. The zero-order chi connectivity index (χ0) is 13.0. The van der Waals surface area contributed by atoms with Gasteiger partial charge >= 0.3 is 12.1 Å². The summed E-state index contributed by atoms with van der Waals surface area (Å²) in [4.78, 5) is 24.8. The molecule has 2 fully saturated rings. The molecule has 0 aromatic rings. The largest absolute Gasteiger partial charge is 0.453 e. The van der Waals surface area contributed by atoms with Gasteiger partial charge in [-0.3, -0.25) is 0 Å². The van der Waals surface area contributed by atoms with Crippen molar-refractivity contribution < 1.29 is 14.3 Å². The Hall–Kier alpha value is -1.46. The molecule has 1 aliphatic carbocycles. The van der Waals surface area contributed by atoms with Crippen molar-refractivity contribution in [3.05, 3.63) is 0 Å². The average Bonchev–Trinajstić information content (AvgIpc) is 3.00. The van der Waals surface area contributed by atoms with Gasteiger partial charge in [-0.25, -0.2) is 9.59 Å². The summed E-state index contributed by atoms with van der Waals surface area (Å²) in [6.45, 7) is 1.25. The van der Waals surface area contributed by atoms with Crippen LogP contribution in [0.25, 0.3) is 0 Å². The van der Waals surface area contributed by atoms with E-state index in [0.29, 0.717) is 19.1 Å². The van der Waals surface area contributed by atoms with E-state index in [9.17, 15) is 9.59 Å². The van der Waals surface area contributed by atoms with E-state index in [1.54, 1.807) is 4.90 Å². The second-order valence-corrected chi connectivity index (χ2v) is 5.00. The van der Waals surface area contributed by atoms with E-state index < -0.39 is 6.09 Å². The van der Waals surface area contributed by atoms with Crippen molar-refractivity contribution >= 4 is 12.1 Å². The highest BCUT2D eigenvalue weighted by atomic mass is 16.5. The zero-order valence-corrected chi connectivity index (χ0v) is 10.8. The van der Waals surface area contributed by atoms with E-state index in [1.807, 2.05) is 0 Å². The molecule has 6 nitrogen and oxygen atoms in total. The number of rotatable bonds is 2. The Morgan fingerprint density at radius 3 is 2.50 bits per heavy atom. The third-order valence-corrected chi connectivity index (χ3v) is 3.67. The molecule has 1 saturated heterocycles. The van der Waals surface area contributed by atoms with Crippen molar-refractivity contribution in [3.8, 4) is 0 Å². The number of hydrogen-bond acceptors (Lipinski definition) is 3. The molecule has 1 saturated carbocycles.